The summed E-state index contributed by atoms with van der Waals surface area (Å²) in [6, 6.07) is 9.55. The summed E-state index contributed by atoms with van der Waals surface area (Å²) in [5, 5.41) is 0. The van der Waals surface area contributed by atoms with Crippen molar-refractivity contribution in [1.82, 2.24) is 9.80 Å². The molecule has 0 bridgehead atoms. The van der Waals surface area contributed by atoms with Crippen molar-refractivity contribution in [3.8, 4) is 28.7 Å². The number of piperidine rings is 2. The van der Waals surface area contributed by atoms with Crippen LogP contribution in [0.3, 0.4) is 0 Å². The normalized spacial score (nSPS) is 18.9. The molecular weight excluding hydrogens is 504 g/mol. The van der Waals surface area contributed by atoms with Gasteiger partial charge < -0.3 is 28.6 Å². The van der Waals surface area contributed by atoms with Gasteiger partial charge in [-0.25, -0.2) is 0 Å². The molecule has 2 saturated heterocycles. The molecule has 2 aromatic rings. The van der Waals surface area contributed by atoms with Crippen LogP contribution in [-0.4, -0.2) is 77.1 Å². The molecule has 2 heterocycles. The highest BCUT2D eigenvalue weighted by molar-refractivity contribution is 5.68. The molecule has 3 aliphatic rings. The van der Waals surface area contributed by atoms with E-state index in [0.29, 0.717) is 17.4 Å². The van der Waals surface area contributed by atoms with Crippen LogP contribution in [0.2, 0.25) is 0 Å². The average Bonchev–Trinajstić information content (AvgIpc) is 3.43. The molecule has 0 spiro atoms. The number of ether oxygens (including phenoxy) is 5. The molecule has 7 nitrogen and oxygen atoms in total. The van der Waals surface area contributed by atoms with Gasteiger partial charge in [0.2, 0.25) is 11.5 Å². The summed E-state index contributed by atoms with van der Waals surface area (Å²) in [6.45, 7) is 6.81. The number of hydrogen-bond donors (Lipinski definition) is 0. The Morgan fingerprint density at radius 1 is 0.700 bits per heavy atom. The van der Waals surface area contributed by atoms with Crippen LogP contribution in [0.1, 0.15) is 61.6 Å². The van der Waals surface area contributed by atoms with Crippen LogP contribution in [0, 0.1) is 5.92 Å². The van der Waals surface area contributed by atoms with E-state index in [2.05, 4.69) is 34.1 Å². The van der Waals surface area contributed by atoms with Gasteiger partial charge in [-0.15, -0.1) is 0 Å². The highest BCUT2D eigenvalue weighted by Crippen LogP contribution is 2.53. The fourth-order valence-electron chi connectivity index (χ4n) is 7.08. The van der Waals surface area contributed by atoms with Gasteiger partial charge in [0.15, 0.2) is 11.5 Å². The molecule has 7 heteroatoms. The maximum absolute atomic E-state index is 6.12. The van der Waals surface area contributed by atoms with E-state index in [1.807, 2.05) is 0 Å². The lowest BCUT2D eigenvalue weighted by Gasteiger charge is -2.40. The van der Waals surface area contributed by atoms with E-state index >= 15 is 0 Å². The second-order valence-corrected chi connectivity index (χ2v) is 11.6. The molecule has 0 saturated carbocycles. The second kappa shape index (κ2) is 13.8. The third kappa shape index (κ3) is 6.46. The Morgan fingerprint density at radius 2 is 1.27 bits per heavy atom. The standard InChI is InChI=1S/C33H48N2O5/c1-36-30-28-21-25(22-29(28)31(37-2)33(39-4)32(30)38-3)9-8-20-40-27-12-10-24(11-13-27)23-34-18-14-26(15-19-34)35-16-6-5-7-17-35/h10-13,25-26H,5-9,14-23H2,1-4H3. The van der Waals surface area contributed by atoms with Gasteiger partial charge in [-0.05, 0) is 101 Å². The Morgan fingerprint density at radius 3 is 1.82 bits per heavy atom. The lowest BCUT2D eigenvalue weighted by molar-refractivity contribution is 0.0896. The predicted molar refractivity (Wildman–Crippen MR) is 158 cm³/mol. The number of fused-ring (bicyclic) bond motifs is 1. The van der Waals surface area contributed by atoms with Crippen LogP contribution in [0.25, 0.3) is 0 Å². The molecule has 0 atom stereocenters. The van der Waals surface area contributed by atoms with E-state index in [1.165, 1.54) is 75.0 Å². The molecule has 5 rings (SSSR count). The molecule has 40 heavy (non-hydrogen) atoms. The summed E-state index contributed by atoms with van der Waals surface area (Å²) in [5.74, 6) is 4.21. The summed E-state index contributed by atoms with van der Waals surface area (Å²) in [4.78, 5) is 5.37. The van der Waals surface area contributed by atoms with Gasteiger partial charge >= 0.3 is 0 Å². The second-order valence-electron chi connectivity index (χ2n) is 11.6. The number of likely N-dealkylation sites (tertiary alicyclic amines) is 2. The quantitative estimate of drug-likeness (QED) is 0.311. The van der Waals surface area contributed by atoms with Gasteiger partial charge in [0.05, 0.1) is 35.0 Å². The van der Waals surface area contributed by atoms with Crippen molar-refractivity contribution in [2.24, 2.45) is 5.92 Å². The lowest BCUT2D eigenvalue weighted by Crippen LogP contribution is -2.46. The maximum atomic E-state index is 6.12. The minimum absolute atomic E-state index is 0.514. The van der Waals surface area contributed by atoms with E-state index < -0.39 is 0 Å². The third-order valence-electron chi connectivity index (χ3n) is 9.15. The first-order valence-corrected chi connectivity index (χ1v) is 15.2. The van der Waals surface area contributed by atoms with Crippen LogP contribution in [0.15, 0.2) is 24.3 Å². The molecule has 2 aliphatic heterocycles. The van der Waals surface area contributed by atoms with Crippen molar-refractivity contribution < 1.29 is 23.7 Å². The molecule has 0 aromatic heterocycles. The Hall–Kier alpha value is -2.64. The summed E-state index contributed by atoms with van der Waals surface area (Å²) >= 11 is 0. The summed E-state index contributed by atoms with van der Waals surface area (Å²) in [6.07, 6.45) is 10.8. The molecule has 2 fully saturated rings. The SMILES string of the molecule is COc1c2c(c(OC)c(OC)c1OC)CC(CCCOc1ccc(CN3CCC(N4CCCCC4)CC3)cc1)C2. The predicted octanol–water partition coefficient (Wildman–Crippen LogP) is 5.75. The van der Waals surface area contributed by atoms with Crippen LogP contribution in [-0.2, 0) is 19.4 Å². The topological polar surface area (TPSA) is 52.6 Å². The van der Waals surface area contributed by atoms with Gasteiger partial charge in [0.25, 0.3) is 0 Å². The number of nitrogens with zero attached hydrogens (tertiary/aromatic N) is 2. The first-order chi connectivity index (χ1) is 19.6. The Labute approximate surface area is 240 Å². The molecule has 0 unspecified atom stereocenters. The minimum Gasteiger partial charge on any atom is -0.494 e. The van der Waals surface area contributed by atoms with E-state index in [0.717, 1.165) is 62.1 Å². The largest absolute Gasteiger partial charge is 0.494 e. The monoisotopic (exact) mass is 552 g/mol. The molecule has 0 amide bonds. The van der Waals surface area contributed by atoms with Crippen molar-refractivity contribution in [2.75, 3.05) is 61.2 Å². The van der Waals surface area contributed by atoms with Gasteiger partial charge in [-0.1, -0.05) is 18.6 Å². The van der Waals surface area contributed by atoms with Crippen LogP contribution < -0.4 is 23.7 Å². The van der Waals surface area contributed by atoms with Crippen molar-refractivity contribution >= 4 is 0 Å². The van der Waals surface area contributed by atoms with Gasteiger partial charge in [-0.2, -0.15) is 0 Å². The summed E-state index contributed by atoms with van der Waals surface area (Å²) in [5.41, 5.74) is 3.73. The third-order valence-corrected chi connectivity index (χ3v) is 9.15. The minimum atomic E-state index is 0.514. The molecule has 0 N–H and O–H groups in total. The molecule has 220 valence electrons. The Kier molecular flexibility index (Phi) is 9.97. The van der Waals surface area contributed by atoms with Crippen molar-refractivity contribution in [3.63, 3.8) is 0 Å². The Bertz CT molecular complexity index is 1050. The summed E-state index contributed by atoms with van der Waals surface area (Å²) < 4.78 is 28.9. The number of hydrogen-bond acceptors (Lipinski definition) is 7. The smallest absolute Gasteiger partial charge is 0.207 e. The molecule has 0 radical (unpaired) electrons. The van der Waals surface area contributed by atoms with Crippen molar-refractivity contribution in [3.05, 3.63) is 41.0 Å². The molecule has 1 aliphatic carbocycles. The molecular formula is C33H48N2O5. The zero-order chi connectivity index (χ0) is 27.9. The van der Waals surface area contributed by atoms with E-state index in [1.54, 1.807) is 28.4 Å². The molecule has 2 aromatic carbocycles. The lowest BCUT2D eigenvalue weighted by atomic mass is 9.99. The zero-order valence-corrected chi connectivity index (χ0v) is 25.0. The van der Waals surface area contributed by atoms with Crippen molar-refractivity contribution in [2.45, 2.75) is 70.4 Å². The van der Waals surface area contributed by atoms with E-state index in [-0.39, 0.29) is 0 Å². The number of benzene rings is 2. The average molecular weight is 553 g/mol. The first-order valence-electron chi connectivity index (χ1n) is 15.2. The first kappa shape index (κ1) is 28.9. The van der Waals surface area contributed by atoms with Gasteiger partial charge in [0, 0.05) is 23.7 Å². The fourth-order valence-corrected chi connectivity index (χ4v) is 7.08. The van der Waals surface area contributed by atoms with Gasteiger partial charge in [-0.3, -0.25) is 4.90 Å². The highest BCUT2D eigenvalue weighted by Gasteiger charge is 2.34. The van der Waals surface area contributed by atoms with Crippen LogP contribution in [0.4, 0.5) is 0 Å². The van der Waals surface area contributed by atoms with Gasteiger partial charge in [0.1, 0.15) is 5.75 Å². The van der Waals surface area contributed by atoms with E-state index in [9.17, 15) is 0 Å². The summed E-state index contributed by atoms with van der Waals surface area (Å²) in [7, 11) is 6.66. The number of methoxy groups -OCH3 is 4. The van der Waals surface area contributed by atoms with Crippen LogP contribution >= 0.6 is 0 Å². The Balaban J connectivity index is 1.06. The maximum Gasteiger partial charge on any atom is 0.207 e. The number of rotatable bonds is 12. The fraction of sp³-hybridized carbons (Fsp3) is 0.636. The van der Waals surface area contributed by atoms with Crippen LogP contribution in [0.5, 0.6) is 28.7 Å². The zero-order valence-electron chi connectivity index (χ0n) is 25.0. The highest BCUT2D eigenvalue weighted by atomic mass is 16.5. The van der Waals surface area contributed by atoms with E-state index in [4.69, 9.17) is 23.7 Å². The van der Waals surface area contributed by atoms with Crippen molar-refractivity contribution in [1.29, 1.82) is 0 Å².